The third kappa shape index (κ3) is 6.25. The van der Waals surface area contributed by atoms with Crippen molar-refractivity contribution in [3.8, 4) is 22.9 Å². The molecule has 0 radical (unpaired) electrons. The molecule has 0 aliphatic rings. The molecule has 0 aliphatic carbocycles. The summed E-state index contributed by atoms with van der Waals surface area (Å²) in [6.07, 6.45) is 3.71. The molecule has 0 spiro atoms. The zero-order valence-corrected chi connectivity index (χ0v) is 33.3. The topological polar surface area (TPSA) is 71.4 Å². The minimum Gasteiger partial charge on any atom is -0.436 e. The first-order valence-corrected chi connectivity index (χ1v) is 20.9. The lowest BCUT2D eigenvalue weighted by Crippen LogP contribution is -2.09. The number of rotatable bonds is 8. The molecular weight excluding hydrogens is 771 g/mol. The molecule has 8 heteroatoms. The molecule has 12 rings (SSSR count). The smallest absolute Gasteiger partial charge is 0.227 e. The first-order valence-electron chi connectivity index (χ1n) is 20.1. The Morgan fingerprint density at radius 2 is 0.934 bits per heavy atom. The van der Waals surface area contributed by atoms with Crippen LogP contribution in [-0.4, -0.2) is 15.0 Å². The summed E-state index contributed by atoms with van der Waals surface area (Å²) in [6.45, 7) is 0. The Labute approximate surface area is 354 Å². The molecular formula is C53H33N5O2S. The number of pyridine rings is 1. The molecule has 288 valence electrons. The van der Waals surface area contributed by atoms with Crippen LogP contribution in [0.5, 0.6) is 0 Å². The number of oxazole rings is 2. The maximum atomic E-state index is 6.08. The third-order valence-electron chi connectivity index (χ3n) is 11.2. The highest BCUT2D eigenvalue weighted by atomic mass is 32.1. The molecule has 0 N–H and O–H groups in total. The van der Waals surface area contributed by atoms with E-state index >= 15 is 0 Å². The van der Waals surface area contributed by atoms with Crippen molar-refractivity contribution in [2.45, 2.75) is 0 Å². The summed E-state index contributed by atoms with van der Waals surface area (Å²) >= 11 is 1.82. The van der Waals surface area contributed by atoms with E-state index in [1.54, 1.807) is 6.20 Å². The SMILES string of the molecule is c1ccc(N(c2ccc(-c3nc4ccccc4o3)cc2)c2ccc3cc4c(cc3c2)sc2cc(N(c3ccc(-c5nc6ccccc6o5)cc3)c3cccnc3)ccc24)cc1. The van der Waals surface area contributed by atoms with Gasteiger partial charge < -0.3 is 18.6 Å². The van der Waals surface area contributed by atoms with E-state index in [9.17, 15) is 0 Å². The van der Waals surface area contributed by atoms with Gasteiger partial charge in [-0.25, -0.2) is 9.97 Å². The van der Waals surface area contributed by atoms with Crippen LogP contribution in [-0.2, 0) is 0 Å². The molecule has 12 aromatic rings. The van der Waals surface area contributed by atoms with Crippen molar-refractivity contribution in [3.05, 3.63) is 200 Å². The summed E-state index contributed by atoms with van der Waals surface area (Å²) in [5.74, 6) is 1.21. The molecule has 0 saturated carbocycles. The van der Waals surface area contributed by atoms with Gasteiger partial charge >= 0.3 is 0 Å². The summed E-state index contributed by atoms with van der Waals surface area (Å²) in [4.78, 5) is 18.5. The molecule has 0 aliphatic heterocycles. The molecule has 0 unspecified atom stereocenters. The number of benzene rings is 8. The molecule has 0 amide bonds. The fourth-order valence-corrected chi connectivity index (χ4v) is 9.40. The number of hydrogen-bond donors (Lipinski definition) is 0. The second-order valence-corrected chi connectivity index (χ2v) is 16.0. The molecule has 7 nitrogen and oxygen atoms in total. The number of para-hydroxylation sites is 5. The normalized spacial score (nSPS) is 11.6. The third-order valence-corrected chi connectivity index (χ3v) is 12.3. The highest BCUT2D eigenvalue weighted by molar-refractivity contribution is 7.26. The lowest BCUT2D eigenvalue weighted by Gasteiger charge is -2.26. The van der Waals surface area contributed by atoms with Crippen molar-refractivity contribution in [1.29, 1.82) is 0 Å². The summed E-state index contributed by atoms with van der Waals surface area (Å²) in [6, 6.07) is 65.2. The molecule has 4 heterocycles. The Morgan fingerprint density at radius 1 is 0.393 bits per heavy atom. The lowest BCUT2D eigenvalue weighted by atomic mass is 10.0. The van der Waals surface area contributed by atoms with E-state index in [4.69, 9.17) is 18.8 Å². The van der Waals surface area contributed by atoms with Gasteiger partial charge in [-0.15, -0.1) is 11.3 Å². The number of thiophene rings is 1. The molecule has 0 atom stereocenters. The van der Waals surface area contributed by atoms with Crippen LogP contribution in [0.25, 0.3) is 76.1 Å². The second kappa shape index (κ2) is 14.3. The predicted octanol–water partition coefficient (Wildman–Crippen LogP) is 15.2. The van der Waals surface area contributed by atoms with Crippen molar-refractivity contribution in [1.82, 2.24) is 15.0 Å². The Bertz CT molecular complexity index is 3310. The van der Waals surface area contributed by atoms with Crippen LogP contribution in [0.1, 0.15) is 0 Å². The van der Waals surface area contributed by atoms with Gasteiger partial charge in [0, 0.05) is 65.9 Å². The largest absolute Gasteiger partial charge is 0.436 e. The van der Waals surface area contributed by atoms with E-state index in [-0.39, 0.29) is 0 Å². The summed E-state index contributed by atoms with van der Waals surface area (Å²) in [5.41, 5.74) is 11.3. The molecule has 4 aromatic heterocycles. The number of fused-ring (bicyclic) bond motifs is 6. The first-order chi connectivity index (χ1) is 30.2. The average molecular weight is 804 g/mol. The Kier molecular flexibility index (Phi) is 8.21. The quantitative estimate of drug-likeness (QED) is 0.151. The fourth-order valence-electron chi connectivity index (χ4n) is 8.23. The van der Waals surface area contributed by atoms with Gasteiger partial charge in [-0.1, -0.05) is 54.6 Å². The number of anilines is 6. The maximum absolute atomic E-state index is 6.08. The van der Waals surface area contributed by atoms with E-state index in [1.807, 2.05) is 72.1 Å². The Balaban J connectivity index is 0.903. The molecule has 0 bridgehead atoms. The van der Waals surface area contributed by atoms with Gasteiger partial charge in [-0.2, -0.15) is 0 Å². The number of nitrogens with zero attached hydrogens (tertiary/aromatic N) is 5. The van der Waals surface area contributed by atoms with Crippen molar-refractivity contribution in [2.75, 3.05) is 9.80 Å². The highest BCUT2D eigenvalue weighted by Gasteiger charge is 2.18. The van der Waals surface area contributed by atoms with Crippen LogP contribution in [0.2, 0.25) is 0 Å². The second-order valence-electron chi connectivity index (χ2n) is 14.9. The highest BCUT2D eigenvalue weighted by Crippen LogP contribution is 2.43. The molecule has 0 fully saturated rings. The van der Waals surface area contributed by atoms with Gasteiger partial charge in [-0.05, 0) is 144 Å². The fraction of sp³-hybridized carbons (Fsp3) is 0. The Hall–Kier alpha value is -8.07. The lowest BCUT2D eigenvalue weighted by molar-refractivity contribution is 0.619. The van der Waals surface area contributed by atoms with Crippen molar-refractivity contribution in [2.24, 2.45) is 0 Å². The van der Waals surface area contributed by atoms with Crippen LogP contribution in [0.3, 0.4) is 0 Å². The molecule has 0 saturated heterocycles. The molecule has 61 heavy (non-hydrogen) atoms. The van der Waals surface area contributed by atoms with Gasteiger partial charge in [0.05, 0.1) is 11.9 Å². The van der Waals surface area contributed by atoms with Crippen LogP contribution < -0.4 is 9.80 Å². The number of hydrogen-bond acceptors (Lipinski definition) is 8. The summed E-state index contributed by atoms with van der Waals surface area (Å²) in [5, 5.41) is 4.85. The van der Waals surface area contributed by atoms with Gasteiger partial charge in [0.2, 0.25) is 11.8 Å². The van der Waals surface area contributed by atoms with E-state index in [2.05, 4.69) is 148 Å². The zero-order valence-electron chi connectivity index (χ0n) is 32.5. The van der Waals surface area contributed by atoms with Crippen LogP contribution in [0, 0.1) is 0 Å². The monoisotopic (exact) mass is 803 g/mol. The molecule has 8 aromatic carbocycles. The average Bonchev–Trinajstić information content (AvgIpc) is 4.05. The number of aromatic nitrogens is 3. The van der Waals surface area contributed by atoms with E-state index in [0.717, 1.165) is 67.5 Å². The zero-order chi connectivity index (χ0) is 40.3. The van der Waals surface area contributed by atoms with Gasteiger partial charge in [0.25, 0.3) is 0 Å². The van der Waals surface area contributed by atoms with E-state index < -0.39 is 0 Å². The van der Waals surface area contributed by atoms with Gasteiger partial charge in [0.1, 0.15) is 11.0 Å². The maximum Gasteiger partial charge on any atom is 0.227 e. The van der Waals surface area contributed by atoms with Crippen molar-refractivity contribution < 1.29 is 8.83 Å². The summed E-state index contributed by atoms with van der Waals surface area (Å²) < 4.78 is 14.6. The van der Waals surface area contributed by atoms with Crippen LogP contribution >= 0.6 is 11.3 Å². The van der Waals surface area contributed by atoms with Gasteiger partial charge in [0.15, 0.2) is 11.2 Å². The minimum atomic E-state index is 0.603. The minimum absolute atomic E-state index is 0.603. The van der Waals surface area contributed by atoms with Crippen LogP contribution in [0.4, 0.5) is 34.1 Å². The summed E-state index contributed by atoms with van der Waals surface area (Å²) in [7, 11) is 0. The Morgan fingerprint density at radius 3 is 1.57 bits per heavy atom. The van der Waals surface area contributed by atoms with Crippen molar-refractivity contribution in [3.63, 3.8) is 0 Å². The van der Waals surface area contributed by atoms with Crippen molar-refractivity contribution >= 4 is 98.6 Å². The predicted molar refractivity (Wildman–Crippen MR) is 250 cm³/mol. The van der Waals surface area contributed by atoms with E-state index in [1.165, 1.54) is 30.9 Å². The standard InChI is InChI=1S/C53H33N5O2S/c1-2-9-38(10-3-1)57(39-21-16-34(17-22-39)52-55-46-12-4-6-14-48(46)59-52)41-25-20-36-30-45-44-27-26-42(32-51(44)61-50(45)31-37(36)29-41)58(43-11-8-28-54-33-43)40-23-18-35(19-24-40)53-56-47-13-5-7-15-49(47)60-53/h1-33H. The van der Waals surface area contributed by atoms with E-state index in [0.29, 0.717) is 11.8 Å². The first kappa shape index (κ1) is 34.9. The van der Waals surface area contributed by atoms with Gasteiger partial charge in [-0.3, -0.25) is 4.98 Å². The van der Waals surface area contributed by atoms with Crippen LogP contribution in [0.15, 0.2) is 209 Å².